The molecule has 0 bridgehead atoms. The summed E-state index contributed by atoms with van der Waals surface area (Å²) in [4.78, 5) is 21.1. The van der Waals surface area contributed by atoms with E-state index < -0.39 is 11.8 Å². The first-order chi connectivity index (χ1) is 16.5. The maximum Gasteiger partial charge on any atom is 0.343 e. The highest BCUT2D eigenvalue weighted by Crippen LogP contribution is 2.27. The molecule has 5 rings (SSSR count). The van der Waals surface area contributed by atoms with Crippen LogP contribution in [0.3, 0.4) is 0 Å². The lowest BCUT2D eigenvalue weighted by Crippen LogP contribution is -2.08. The van der Waals surface area contributed by atoms with Gasteiger partial charge in [0.05, 0.1) is 11.3 Å². The summed E-state index contributed by atoms with van der Waals surface area (Å²) in [7, 11) is 0. The highest BCUT2D eigenvalue weighted by atomic mass is 19.1. The average Bonchev–Trinajstić information content (AvgIpc) is 3.28. The van der Waals surface area contributed by atoms with E-state index in [2.05, 4.69) is 9.98 Å². The number of benzene rings is 4. The number of hydrogen-bond acceptors (Lipinski definition) is 5. The normalized spacial score (nSPS) is 11.2. The van der Waals surface area contributed by atoms with Gasteiger partial charge in [0.2, 0.25) is 5.89 Å². The standard InChI is InChI=1S/C27H16F2N2O3/c28-20-7-3-18(4-8-20)26-31-24-15-22(11-14-25(24)34-26)30-16-17-1-12-23(13-2-17)33-27(32)19-5-9-21(29)10-6-19/h1-16H. The third kappa shape index (κ3) is 4.73. The van der Waals surface area contributed by atoms with Gasteiger partial charge >= 0.3 is 5.97 Å². The number of fused-ring (bicyclic) bond motifs is 1. The Hall–Kier alpha value is -4.65. The Kier molecular flexibility index (Phi) is 5.66. The first kappa shape index (κ1) is 21.2. The number of carbonyl (C=O) groups excluding carboxylic acids is 1. The van der Waals surface area contributed by atoms with Crippen LogP contribution >= 0.6 is 0 Å². The molecule has 0 saturated carbocycles. The molecule has 1 heterocycles. The minimum atomic E-state index is -0.567. The third-order valence-corrected chi connectivity index (χ3v) is 5.00. The number of aromatic nitrogens is 1. The largest absolute Gasteiger partial charge is 0.436 e. The van der Waals surface area contributed by atoms with Crippen LogP contribution in [0, 0.1) is 11.6 Å². The summed E-state index contributed by atoms with van der Waals surface area (Å²) in [5.74, 6) is -0.542. The van der Waals surface area contributed by atoms with Gasteiger partial charge in [0.15, 0.2) is 5.58 Å². The summed E-state index contributed by atoms with van der Waals surface area (Å²) in [6, 6.07) is 23.3. The van der Waals surface area contributed by atoms with E-state index in [4.69, 9.17) is 9.15 Å². The van der Waals surface area contributed by atoms with Crippen LogP contribution in [0.5, 0.6) is 5.75 Å². The zero-order valence-corrected chi connectivity index (χ0v) is 17.6. The molecule has 0 fully saturated rings. The fourth-order valence-electron chi connectivity index (χ4n) is 3.24. The number of halogens is 2. The lowest BCUT2D eigenvalue weighted by molar-refractivity contribution is 0.0734. The van der Waals surface area contributed by atoms with Gasteiger partial charge in [0, 0.05) is 11.8 Å². The molecule has 0 saturated heterocycles. The molecule has 0 spiro atoms. The minimum Gasteiger partial charge on any atom is -0.436 e. The molecule has 5 nitrogen and oxygen atoms in total. The molecule has 0 aliphatic heterocycles. The number of ether oxygens (including phenoxy) is 1. The summed E-state index contributed by atoms with van der Waals surface area (Å²) < 4.78 is 37.2. The number of nitrogens with zero attached hydrogens (tertiary/aromatic N) is 2. The van der Waals surface area contributed by atoms with E-state index in [-0.39, 0.29) is 11.4 Å². The molecular formula is C27H16F2N2O3. The number of esters is 1. The zero-order valence-electron chi connectivity index (χ0n) is 17.6. The predicted octanol–water partition coefficient (Wildman–Crippen LogP) is 6.74. The van der Waals surface area contributed by atoms with Crippen LogP contribution in [-0.2, 0) is 0 Å². The predicted molar refractivity (Wildman–Crippen MR) is 124 cm³/mol. The number of hydrogen-bond donors (Lipinski definition) is 0. The number of rotatable bonds is 5. The van der Waals surface area contributed by atoms with Crippen molar-refractivity contribution in [1.29, 1.82) is 0 Å². The van der Waals surface area contributed by atoms with E-state index in [1.807, 2.05) is 0 Å². The Morgan fingerprint density at radius 3 is 2.24 bits per heavy atom. The summed E-state index contributed by atoms with van der Waals surface area (Å²) >= 11 is 0. The second-order valence-corrected chi connectivity index (χ2v) is 7.40. The molecule has 0 unspecified atom stereocenters. The van der Waals surface area contributed by atoms with Crippen LogP contribution in [0.4, 0.5) is 14.5 Å². The van der Waals surface area contributed by atoms with E-state index >= 15 is 0 Å². The SMILES string of the molecule is O=C(Oc1ccc(C=Nc2ccc3oc(-c4ccc(F)cc4)nc3c2)cc1)c1ccc(F)cc1. The molecule has 7 heteroatoms. The summed E-state index contributed by atoms with van der Waals surface area (Å²) in [6.07, 6.45) is 1.67. The van der Waals surface area contributed by atoms with E-state index in [0.29, 0.717) is 34.0 Å². The Labute approximate surface area is 193 Å². The van der Waals surface area contributed by atoms with Gasteiger partial charge in [0.25, 0.3) is 0 Å². The van der Waals surface area contributed by atoms with E-state index in [1.54, 1.807) is 60.8 Å². The maximum atomic E-state index is 13.1. The molecule has 0 N–H and O–H groups in total. The molecule has 0 radical (unpaired) electrons. The van der Waals surface area contributed by atoms with Crippen molar-refractivity contribution in [3.05, 3.63) is 114 Å². The van der Waals surface area contributed by atoms with E-state index in [1.165, 1.54) is 36.4 Å². The quantitative estimate of drug-likeness (QED) is 0.168. The molecular weight excluding hydrogens is 438 g/mol. The molecule has 0 aliphatic carbocycles. The summed E-state index contributed by atoms with van der Waals surface area (Å²) in [5, 5.41) is 0. The van der Waals surface area contributed by atoms with Crippen molar-refractivity contribution in [1.82, 2.24) is 4.98 Å². The summed E-state index contributed by atoms with van der Waals surface area (Å²) in [6.45, 7) is 0. The highest BCUT2D eigenvalue weighted by molar-refractivity contribution is 5.91. The van der Waals surface area contributed by atoms with Gasteiger partial charge in [0.1, 0.15) is 22.9 Å². The molecule has 4 aromatic carbocycles. The first-order valence-corrected chi connectivity index (χ1v) is 10.3. The van der Waals surface area contributed by atoms with Crippen molar-refractivity contribution in [3.63, 3.8) is 0 Å². The third-order valence-electron chi connectivity index (χ3n) is 5.00. The smallest absolute Gasteiger partial charge is 0.343 e. The Morgan fingerprint density at radius 1 is 0.853 bits per heavy atom. The van der Waals surface area contributed by atoms with Crippen molar-refractivity contribution in [2.45, 2.75) is 0 Å². The number of carbonyl (C=O) groups is 1. The monoisotopic (exact) mass is 454 g/mol. The Morgan fingerprint density at radius 2 is 1.53 bits per heavy atom. The second-order valence-electron chi connectivity index (χ2n) is 7.40. The van der Waals surface area contributed by atoms with Gasteiger partial charge in [-0.1, -0.05) is 0 Å². The fourth-order valence-corrected chi connectivity index (χ4v) is 3.24. The second kappa shape index (κ2) is 9.07. The number of oxazole rings is 1. The molecule has 34 heavy (non-hydrogen) atoms. The van der Waals surface area contributed by atoms with Crippen molar-refractivity contribution in [3.8, 4) is 17.2 Å². The maximum absolute atomic E-state index is 13.1. The van der Waals surface area contributed by atoms with Crippen molar-refractivity contribution in [2.24, 2.45) is 4.99 Å². The Bertz CT molecular complexity index is 1490. The van der Waals surface area contributed by atoms with Crippen molar-refractivity contribution < 1.29 is 22.7 Å². The van der Waals surface area contributed by atoms with E-state index in [9.17, 15) is 13.6 Å². The van der Waals surface area contributed by atoms with Crippen LogP contribution in [-0.4, -0.2) is 17.2 Å². The molecule has 0 amide bonds. The van der Waals surface area contributed by atoms with Crippen LogP contribution in [0.2, 0.25) is 0 Å². The molecule has 0 atom stereocenters. The highest BCUT2D eigenvalue weighted by Gasteiger charge is 2.10. The zero-order chi connectivity index (χ0) is 23.5. The lowest BCUT2D eigenvalue weighted by Gasteiger charge is -2.04. The molecule has 1 aromatic heterocycles. The first-order valence-electron chi connectivity index (χ1n) is 10.3. The van der Waals surface area contributed by atoms with Crippen molar-refractivity contribution >= 4 is 29.0 Å². The minimum absolute atomic E-state index is 0.262. The molecule has 5 aromatic rings. The topological polar surface area (TPSA) is 64.7 Å². The van der Waals surface area contributed by atoms with Crippen molar-refractivity contribution in [2.75, 3.05) is 0 Å². The van der Waals surface area contributed by atoms with Gasteiger partial charge in [-0.2, -0.15) is 0 Å². The van der Waals surface area contributed by atoms with Crippen LogP contribution < -0.4 is 4.74 Å². The van der Waals surface area contributed by atoms with Crippen LogP contribution in [0.15, 0.2) is 100 Å². The van der Waals surface area contributed by atoms with Crippen LogP contribution in [0.25, 0.3) is 22.6 Å². The number of aliphatic imine (C=N–C) groups is 1. The van der Waals surface area contributed by atoms with Crippen LogP contribution in [0.1, 0.15) is 15.9 Å². The molecule has 166 valence electrons. The average molecular weight is 454 g/mol. The molecule has 0 aliphatic rings. The van der Waals surface area contributed by atoms with E-state index in [0.717, 1.165) is 5.56 Å². The van der Waals surface area contributed by atoms with Gasteiger partial charge in [-0.05, 0) is 96.6 Å². The lowest BCUT2D eigenvalue weighted by atomic mass is 10.2. The van der Waals surface area contributed by atoms with Gasteiger partial charge in [-0.25, -0.2) is 18.6 Å². The van der Waals surface area contributed by atoms with Gasteiger partial charge in [-0.3, -0.25) is 4.99 Å². The summed E-state index contributed by atoms with van der Waals surface area (Å²) in [5.41, 5.74) is 3.66. The van der Waals surface area contributed by atoms with Gasteiger partial charge < -0.3 is 9.15 Å². The fraction of sp³-hybridized carbons (Fsp3) is 0. The van der Waals surface area contributed by atoms with Gasteiger partial charge in [-0.15, -0.1) is 0 Å². The Balaban J connectivity index is 1.27.